The zero-order chi connectivity index (χ0) is 22.9. The summed E-state index contributed by atoms with van der Waals surface area (Å²) < 4.78 is 10.9. The van der Waals surface area contributed by atoms with E-state index in [1.807, 2.05) is 19.9 Å². The second-order valence-corrected chi connectivity index (χ2v) is 7.61. The number of para-hydroxylation sites is 1. The Hall–Kier alpha value is -3.52. The molecule has 2 aromatic rings. The predicted octanol–water partition coefficient (Wildman–Crippen LogP) is 4.56. The number of hydrogen-bond donors (Lipinski definition) is 4. The fraction of sp³-hybridized carbons (Fsp3) is 0.304. The van der Waals surface area contributed by atoms with Crippen LogP contribution in [0.4, 0.5) is 10.5 Å². The quantitative estimate of drug-likeness (QED) is 0.264. The SMILES string of the molecule is COc1ccc([C@H](OC(=O)Nc2ccccc2)C(C)(C)CC/C=C/C(=O)NO)cc1O. The Morgan fingerprint density at radius 1 is 1.16 bits per heavy atom. The molecule has 1 atom stereocenters. The van der Waals surface area contributed by atoms with Crippen molar-refractivity contribution < 1.29 is 29.4 Å². The monoisotopic (exact) mass is 428 g/mol. The Morgan fingerprint density at radius 3 is 2.48 bits per heavy atom. The van der Waals surface area contributed by atoms with Crippen LogP contribution in [0.15, 0.2) is 60.7 Å². The number of carbonyl (C=O) groups is 2. The first-order chi connectivity index (χ1) is 14.8. The van der Waals surface area contributed by atoms with Crippen molar-refractivity contribution in [3.05, 3.63) is 66.2 Å². The van der Waals surface area contributed by atoms with Gasteiger partial charge < -0.3 is 14.6 Å². The highest BCUT2D eigenvalue weighted by Gasteiger charge is 2.34. The van der Waals surface area contributed by atoms with E-state index in [2.05, 4.69) is 5.32 Å². The van der Waals surface area contributed by atoms with Gasteiger partial charge in [0.1, 0.15) is 6.10 Å². The lowest BCUT2D eigenvalue weighted by Crippen LogP contribution is -2.29. The van der Waals surface area contributed by atoms with E-state index in [-0.39, 0.29) is 5.75 Å². The fourth-order valence-electron chi connectivity index (χ4n) is 3.14. The summed E-state index contributed by atoms with van der Waals surface area (Å²) in [4.78, 5) is 23.7. The minimum Gasteiger partial charge on any atom is -0.504 e. The molecule has 0 bridgehead atoms. The summed E-state index contributed by atoms with van der Waals surface area (Å²) >= 11 is 0. The summed E-state index contributed by atoms with van der Waals surface area (Å²) in [6.07, 6.45) is 2.58. The number of anilines is 1. The normalized spacial score (nSPS) is 12.3. The van der Waals surface area contributed by atoms with Crippen LogP contribution in [0.5, 0.6) is 11.5 Å². The van der Waals surface area contributed by atoms with Crippen LogP contribution in [-0.4, -0.2) is 29.4 Å². The minimum absolute atomic E-state index is 0.0626. The van der Waals surface area contributed by atoms with Gasteiger partial charge in [-0.2, -0.15) is 0 Å². The van der Waals surface area contributed by atoms with Gasteiger partial charge in [-0.3, -0.25) is 15.3 Å². The summed E-state index contributed by atoms with van der Waals surface area (Å²) in [6, 6.07) is 13.8. The molecule has 31 heavy (non-hydrogen) atoms. The van der Waals surface area contributed by atoms with E-state index < -0.39 is 23.5 Å². The third-order valence-corrected chi connectivity index (χ3v) is 4.80. The maximum atomic E-state index is 12.6. The summed E-state index contributed by atoms with van der Waals surface area (Å²) in [7, 11) is 1.45. The van der Waals surface area contributed by atoms with Crippen LogP contribution in [0.2, 0.25) is 0 Å². The molecular weight excluding hydrogens is 400 g/mol. The van der Waals surface area contributed by atoms with Gasteiger partial charge in [-0.25, -0.2) is 10.3 Å². The molecule has 0 radical (unpaired) electrons. The Kier molecular flexibility index (Phi) is 8.45. The fourth-order valence-corrected chi connectivity index (χ4v) is 3.14. The number of hydrogen-bond acceptors (Lipinski definition) is 6. The number of nitrogens with one attached hydrogen (secondary N) is 2. The molecule has 0 unspecified atom stereocenters. The van der Waals surface area contributed by atoms with Crippen molar-refractivity contribution in [2.75, 3.05) is 12.4 Å². The highest BCUT2D eigenvalue weighted by Crippen LogP contribution is 2.42. The van der Waals surface area contributed by atoms with Crippen LogP contribution in [0.25, 0.3) is 0 Å². The lowest BCUT2D eigenvalue weighted by Gasteiger charge is -2.34. The zero-order valence-electron chi connectivity index (χ0n) is 17.8. The van der Waals surface area contributed by atoms with Crippen molar-refractivity contribution >= 4 is 17.7 Å². The summed E-state index contributed by atoms with van der Waals surface area (Å²) in [5.41, 5.74) is 2.17. The molecule has 2 rings (SSSR count). The minimum atomic E-state index is -0.701. The molecule has 8 nitrogen and oxygen atoms in total. The first-order valence-electron chi connectivity index (χ1n) is 9.77. The Morgan fingerprint density at radius 2 is 1.87 bits per heavy atom. The number of benzene rings is 2. The number of methoxy groups -OCH3 is 1. The second-order valence-electron chi connectivity index (χ2n) is 7.61. The predicted molar refractivity (Wildman–Crippen MR) is 116 cm³/mol. The van der Waals surface area contributed by atoms with E-state index >= 15 is 0 Å². The van der Waals surface area contributed by atoms with Crippen molar-refractivity contribution in [3.8, 4) is 11.5 Å². The van der Waals surface area contributed by atoms with Crippen LogP contribution in [0.3, 0.4) is 0 Å². The highest BCUT2D eigenvalue weighted by atomic mass is 16.6. The van der Waals surface area contributed by atoms with Gasteiger partial charge in [0, 0.05) is 17.2 Å². The molecule has 4 N–H and O–H groups in total. The summed E-state index contributed by atoms with van der Waals surface area (Å²) in [5, 5.41) is 21.5. The smallest absolute Gasteiger partial charge is 0.412 e. The maximum absolute atomic E-state index is 12.6. The molecule has 0 aromatic heterocycles. The molecule has 0 heterocycles. The molecule has 0 aliphatic heterocycles. The number of amides is 2. The first kappa shape index (κ1) is 23.8. The van der Waals surface area contributed by atoms with Gasteiger partial charge in [-0.1, -0.05) is 44.2 Å². The Bertz CT molecular complexity index is 912. The van der Waals surface area contributed by atoms with Crippen LogP contribution in [0, 0.1) is 5.41 Å². The van der Waals surface area contributed by atoms with Gasteiger partial charge in [-0.05, 0) is 42.7 Å². The average Bonchev–Trinajstić information content (AvgIpc) is 2.75. The topological polar surface area (TPSA) is 117 Å². The third kappa shape index (κ3) is 7.04. The molecule has 8 heteroatoms. The van der Waals surface area contributed by atoms with E-state index in [0.717, 1.165) is 0 Å². The van der Waals surface area contributed by atoms with Crippen molar-refractivity contribution in [2.24, 2.45) is 5.41 Å². The van der Waals surface area contributed by atoms with E-state index in [1.54, 1.807) is 42.5 Å². The number of hydroxylamine groups is 1. The van der Waals surface area contributed by atoms with Crippen LogP contribution >= 0.6 is 0 Å². The van der Waals surface area contributed by atoms with Crippen LogP contribution in [-0.2, 0) is 9.53 Å². The Balaban J connectivity index is 2.23. The van der Waals surface area contributed by atoms with Crippen LogP contribution < -0.4 is 15.5 Å². The molecule has 2 amide bonds. The van der Waals surface area contributed by atoms with E-state index in [0.29, 0.717) is 29.8 Å². The molecule has 0 aliphatic carbocycles. The van der Waals surface area contributed by atoms with Crippen molar-refractivity contribution in [3.63, 3.8) is 0 Å². The molecule has 2 aromatic carbocycles. The largest absolute Gasteiger partial charge is 0.504 e. The number of ether oxygens (including phenoxy) is 2. The van der Waals surface area contributed by atoms with Gasteiger partial charge in [0.2, 0.25) is 0 Å². The third-order valence-electron chi connectivity index (χ3n) is 4.80. The molecule has 0 fully saturated rings. The molecule has 166 valence electrons. The number of phenols is 1. The highest BCUT2D eigenvalue weighted by molar-refractivity contribution is 5.86. The second kappa shape index (κ2) is 11.0. The number of phenolic OH excluding ortho intramolecular Hbond substituents is 1. The zero-order valence-corrected chi connectivity index (χ0v) is 17.8. The van der Waals surface area contributed by atoms with Crippen LogP contribution in [0.1, 0.15) is 38.4 Å². The lowest BCUT2D eigenvalue weighted by atomic mass is 9.78. The van der Waals surface area contributed by atoms with Crippen molar-refractivity contribution in [2.45, 2.75) is 32.8 Å². The lowest BCUT2D eigenvalue weighted by molar-refractivity contribution is -0.124. The molecule has 0 spiro atoms. The van der Waals surface area contributed by atoms with E-state index in [4.69, 9.17) is 14.7 Å². The molecular formula is C23H28N2O6. The van der Waals surface area contributed by atoms with Gasteiger partial charge >= 0.3 is 6.09 Å². The average molecular weight is 428 g/mol. The summed E-state index contributed by atoms with van der Waals surface area (Å²) in [6.45, 7) is 3.85. The van der Waals surface area contributed by atoms with Gasteiger partial charge in [0.05, 0.1) is 7.11 Å². The molecule has 0 saturated heterocycles. The van der Waals surface area contributed by atoms with Gasteiger partial charge in [-0.15, -0.1) is 0 Å². The van der Waals surface area contributed by atoms with Gasteiger partial charge in [0.25, 0.3) is 5.91 Å². The number of carbonyl (C=O) groups excluding carboxylic acids is 2. The van der Waals surface area contributed by atoms with Crippen molar-refractivity contribution in [1.82, 2.24) is 5.48 Å². The van der Waals surface area contributed by atoms with Gasteiger partial charge in [0.15, 0.2) is 11.5 Å². The Labute approximate surface area is 181 Å². The van der Waals surface area contributed by atoms with E-state index in [9.17, 15) is 14.7 Å². The molecule has 0 saturated carbocycles. The first-order valence-corrected chi connectivity index (χ1v) is 9.77. The standard InChI is InChI=1S/C23H28N2O6/c1-23(2,14-8-7-11-20(27)25-29)21(16-12-13-19(30-3)18(26)15-16)31-22(28)24-17-9-5-4-6-10-17/h4-7,9-13,15,21,26,29H,8,14H2,1-3H3,(H,24,28)(H,25,27)/b11-7+/t21-/m0/s1. The number of aromatic hydroxyl groups is 1. The van der Waals surface area contributed by atoms with Crippen molar-refractivity contribution in [1.29, 1.82) is 0 Å². The summed E-state index contributed by atoms with van der Waals surface area (Å²) in [5.74, 6) is -0.368. The van der Waals surface area contributed by atoms with E-state index in [1.165, 1.54) is 24.7 Å². The maximum Gasteiger partial charge on any atom is 0.412 e. The number of allylic oxidation sites excluding steroid dienone is 1. The number of rotatable bonds is 9. The molecule has 0 aliphatic rings.